The summed E-state index contributed by atoms with van der Waals surface area (Å²) >= 11 is 0. The first-order chi connectivity index (χ1) is 12.0. The molecule has 1 saturated heterocycles. The molecule has 0 bridgehead atoms. The lowest BCUT2D eigenvalue weighted by Crippen LogP contribution is -2.27. The van der Waals surface area contributed by atoms with E-state index in [9.17, 15) is 0 Å². The largest absolute Gasteiger partial charge is 0.384 e. The first-order valence-corrected chi connectivity index (χ1v) is 8.95. The number of rotatable bonds is 5. The number of anilines is 1. The number of fused-ring (bicyclic) bond motifs is 1. The average Bonchev–Trinajstić information content (AvgIpc) is 3.06. The lowest BCUT2D eigenvalue weighted by Gasteiger charge is -2.22. The van der Waals surface area contributed by atoms with Crippen LogP contribution in [0.25, 0.3) is 11.2 Å². The molecule has 3 heterocycles. The van der Waals surface area contributed by atoms with Crippen LogP contribution in [-0.4, -0.2) is 39.6 Å². The fraction of sp³-hybridized carbons (Fsp3) is 0.474. The quantitative estimate of drug-likeness (QED) is 0.875. The Labute approximate surface area is 149 Å². The zero-order chi connectivity index (χ0) is 18.0. The molecule has 2 aromatic rings. The topological polar surface area (TPSA) is 71.5 Å². The van der Waals surface area contributed by atoms with Gasteiger partial charge in [0.25, 0.3) is 0 Å². The zero-order valence-electron chi connectivity index (χ0n) is 15.4. The van der Waals surface area contributed by atoms with Gasteiger partial charge in [-0.15, -0.1) is 0 Å². The van der Waals surface area contributed by atoms with Gasteiger partial charge in [0.15, 0.2) is 5.65 Å². The van der Waals surface area contributed by atoms with Crippen molar-refractivity contribution in [3.63, 3.8) is 0 Å². The van der Waals surface area contributed by atoms with Gasteiger partial charge in [0, 0.05) is 42.2 Å². The highest BCUT2D eigenvalue weighted by Crippen LogP contribution is 2.28. The highest BCUT2D eigenvalue weighted by atomic mass is 15.3. The molecule has 0 unspecified atom stereocenters. The molecular weight excluding hydrogens is 312 g/mol. The van der Waals surface area contributed by atoms with Crippen molar-refractivity contribution in [3.05, 3.63) is 42.0 Å². The van der Waals surface area contributed by atoms with Gasteiger partial charge in [0.2, 0.25) is 0 Å². The van der Waals surface area contributed by atoms with Crippen molar-refractivity contribution in [2.45, 2.75) is 39.0 Å². The molecule has 3 N–H and O–H groups in total. The van der Waals surface area contributed by atoms with E-state index in [1.165, 1.54) is 0 Å². The summed E-state index contributed by atoms with van der Waals surface area (Å²) in [6.07, 6.45) is 7.04. The van der Waals surface area contributed by atoms with Crippen molar-refractivity contribution in [3.8, 4) is 0 Å². The second-order valence-electron chi connectivity index (χ2n) is 6.77. The standard InChI is InChI=1S/C19H28N6/c1-5-14(3)24(4)12-13(2)16-11-22-25-18(20)10-17(23-19(16)25)15-6-8-21-9-7-15/h10-12,15,21H,3,5-9,20H2,1-2,4H3. The van der Waals surface area contributed by atoms with Gasteiger partial charge in [-0.05, 0) is 44.8 Å². The molecule has 1 aliphatic heterocycles. The minimum absolute atomic E-state index is 0.461. The number of hydrogen-bond acceptors (Lipinski definition) is 5. The molecular formula is C19H28N6. The van der Waals surface area contributed by atoms with Gasteiger partial charge in [-0.2, -0.15) is 9.61 Å². The Morgan fingerprint density at radius 2 is 2.20 bits per heavy atom. The summed E-state index contributed by atoms with van der Waals surface area (Å²) in [6.45, 7) is 10.3. The maximum Gasteiger partial charge on any atom is 0.165 e. The van der Waals surface area contributed by atoms with Gasteiger partial charge >= 0.3 is 0 Å². The second-order valence-corrected chi connectivity index (χ2v) is 6.77. The number of hydrogen-bond donors (Lipinski definition) is 2. The fourth-order valence-corrected chi connectivity index (χ4v) is 3.31. The zero-order valence-corrected chi connectivity index (χ0v) is 15.4. The van der Waals surface area contributed by atoms with Gasteiger partial charge in [-0.25, -0.2) is 4.98 Å². The summed E-state index contributed by atoms with van der Waals surface area (Å²) in [4.78, 5) is 6.98. The van der Waals surface area contributed by atoms with E-state index >= 15 is 0 Å². The Morgan fingerprint density at radius 1 is 1.48 bits per heavy atom. The van der Waals surface area contributed by atoms with Gasteiger partial charge in [0.1, 0.15) is 5.82 Å². The molecule has 3 rings (SSSR count). The molecule has 25 heavy (non-hydrogen) atoms. The summed E-state index contributed by atoms with van der Waals surface area (Å²) in [6, 6.07) is 1.98. The van der Waals surface area contributed by atoms with E-state index < -0.39 is 0 Å². The van der Waals surface area contributed by atoms with E-state index in [-0.39, 0.29) is 0 Å². The van der Waals surface area contributed by atoms with Crippen molar-refractivity contribution in [2.75, 3.05) is 25.9 Å². The van der Waals surface area contributed by atoms with Crippen LogP contribution in [0.1, 0.15) is 50.3 Å². The monoisotopic (exact) mass is 340 g/mol. The van der Waals surface area contributed by atoms with Crippen LogP contribution in [-0.2, 0) is 0 Å². The summed E-state index contributed by atoms with van der Waals surface area (Å²) in [7, 11) is 2.02. The number of nitrogens with two attached hydrogens (primary N) is 1. The van der Waals surface area contributed by atoms with E-state index in [0.717, 1.165) is 60.5 Å². The highest BCUT2D eigenvalue weighted by molar-refractivity contribution is 5.75. The average molecular weight is 340 g/mol. The van der Waals surface area contributed by atoms with E-state index in [4.69, 9.17) is 10.7 Å². The third kappa shape index (κ3) is 3.54. The van der Waals surface area contributed by atoms with Gasteiger partial charge in [-0.1, -0.05) is 13.5 Å². The number of allylic oxidation sites excluding steroid dienone is 2. The Morgan fingerprint density at radius 3 is 2.88 bits per heavy atom. The van der Waals surface area contributed by atoms with Crippen LogP contribution in [0.2, 0.25) is 0 Å². The van der Waals surface area contributed by atoms with Crippen molar-refractivity contribution in [2.24, 2.45) is 0 Å². The molecule has 0 radical (unpaired) electrons. The van der Waals surface area contributed by atoms with Crippen LogP contribution in [0.5, 0.6) is 0 Å². The lowest BCUT2D eigenvalue weighted by atomic mass is 9.94. The van der Waals surface area contributed by atoms with Crippen LogP contribution in [0.15, 0.2) is 30.7 Å². The molecule has 0 aliphatic carbocycles. The highest BCUT2D eigenvalue weighted by Gasteiger charge is 2.19. The van der Waals surface area contributed by atoms with Crippen LogP contribution in [0.3, 0.4) is 0 Å². The van der Waals surface area contributed by atoms with Crippen LogP contribution < -0.4 is 11.1 Å². The van der Waals surface area contributed by atoms with Crippen molar-refractivity contribution < 1.29 is 0 Å². The summed E-state index contributed by atoms with van der Waals surface area (Å²) < 4.78 is 1.73. The maximum absolute atomic E-state index is 6.25. The van der Waals surface area contributed by atoms with Gasteiger partial charge in [-0.3, -0.25) is 0 Å². The molecule has 1 fully saturated rings. The minimum atomic E-state index is 0.461. The van der Waals surface area contributed by atoms with Crippen molar-refractivity contribution in [1.82, 2.24) is 24.8 Å². The fourth-order valence-electron chi connectivity index (χ4n) is 3.31. The van der Waals surface area contributed by atoms with Gasteiger partial charge in [0.05, 0.1) is 6.20 Å². The summed E-state index contributed by atoms with van der Waals surface area (Å²) in [5, 5.41) is 7.83. The summed E-state index contributed by atoms with van der Waals surface area (Å²) in [5.74, 6) is 1.10. The molecule has 1 aliphatic rings. The minimum Gasteiger partial charge on any atom is -0.384 e. The Balaban J connectivity index is 2.00. The van der Waals surface area contributed by atoms with E-state index in [1.807, 2.05) is 19.3 Å². The molecule has 134 valence electrons. The van der Waals surface area contributed by atoms with Crippen molar-refractivity contribution >= 4 is 17.0 Å². The second kappa shape index (κ2) is 7.27. The number of nitrogens with one attached hydrogen (secondary N) is 1. The normalized spacial score (nSPS) is 16.4. The molecule has 0 atom stereocenters. The molecule has 6 nitrogen and oxygen atoms in total. The maximum atomic E-state index is 6.25. The first kappa shape index (κ1) is 17.5. The molecule has 0 saturated carbocycles. The van der Waals surface area contributed by atoms with E-state index in [1.54, 1.807) is 4.52 Å². The van der Waals surface area contributed by atoms with E-state index in [2.05, 4.69) is 41.9 Å². The number of nitrogens with zero attached hydrogens (tertiary/aromatic N) is 4. The summed E-state index contributed by atoms with van der Waals surface area (Å²) in [5.41, 5.74) is 11.3. The van der Waals surface area contributed by atoms with Crippen LogP contribution >= 0.6 is 0 Å². The van der Waals surface area contributed by atoms with Crippen LogP contribution in [0.4, 0.5) is 5.82 Å². The first-order valence-electron chi connectivity index (χ1n) is 8.95. The third-order valence-corrected chi connectivity index (χ3v) is 5.00. The third-order valence-electron chi connectivity index (χ3n) is 5.00. The molecule has 0 spiro atoms. The van der Waals surface area contributed by atoms with E-state index in [0.29, 0.717) is 11.7 Å². The Hall–Kier alpha value is -2.34. The Bertz CT molecular complexity index is 798. The molecule has 0 aromatic carbocycles. The molecule has 6 heteroatoms. The SMILES string of the molecule is C=C(CC)N(C)C=C(C)c1cnn2c(N)cc(C3CCNCC3)nc12. The Kier molecular flexibility index (Phi) is 5.08. The molecule has 0 amide bonds. The van der Waals surface area contributed by atoms with Gasteiger partial charge < -0.3 is 16.0 Å². The smallest absolute Gasteiger partial charge is 0.165 e. The lowest BCUT2D eigenvalue weighted by molar-refractivity contribution is 0.453. The van der Waals surface area contributed by atoms with Crippen molar-refractivity contribution in [1.29, 1.82) is 0 Å². The predicted octanol–water partition coefficient (Wildman–Crippen LogP) is 2.99. The van der Waals surface area contributed by atoms with Crippen LogP contribution in [0, 0.1) is 0 Å². The molecule has 2 aromatic heterocycles. The predicted molar refractivity (Wildman–Crippen MR) is 103 cm³/mol. The number of piperidine rings is 1. The number of nitrogen functional groups attached to an aromatic ring is 1. The number of aromatic nitrogens is 3.